The number of aromatic carboxylic acids is 1. The van der Waals surface area contributed by atoms with Crippen LogP contribution in [0.4, 0.5) is 5.69 Å². The number of carboxylic acid groups (broad SMARTS) is 1. The molecule has 0 spiro atoms. The molecule has 1 aromatic carbocycles. The molecule has 0 saturated carbocycles. The minimum Gasteiger partial charge on any atom is -0.478 e. The van der Waals surface area contributed by atoms with Crippen LogP contribution in [0.5, 0.6) is 0 Å². The summed E-state index contributed by atoms with van der Waals surface area (Å²) in [5.41, 5.74) is 1.03. The third-order valence-electron chi connectivity index (χ3n) is 2.93. The van der Waals surface area contributed by atoms with Gasteiger partial charge in [-0.15, -0.1) is 0 Å². The third-order valence-corrected chi connectivity index (χ3v) is 2.93. The minimum atomic E-state index is -1.05. The van der Waals surface area contributed by atoms with Crippen molar-refractivity contribution in [3.8, 4) is 0 Å². The van der Waals surface area contributed by atoms with Gasteiger partial charge in [0.15, 0.2) is 6.39 Å². The zero-order chi connectivity index (χ0) is 15.4. The van der Waals surface area contributed by atoms with E-state index >= 15 is 0 Å². The molecule has 0 saturated heterocycles. The first-order valence-electron chi connectivity index (χ1n) is 6.20. The lowest BCUT2D eigenvalue weighted by molar-refractivity contribution is 0.0696. The molecule has 21 heavy (non-hydrogen) atoms. The highest BCUT2D eigenvalue weighted by atomic mass is 16.4. The van der Waals surface area contributed by atoms with Crippen LogP contribution >= 0.6 is 0 Å². The highest BCUT2D eigenvalue weighted by molar-refractivity contribution is 6.05. The molecule has 0 aliphatic carbocycles. The molecule has 0 aliphatic rings. The average Bonchev–Trinajstić information content (AvgIpc) is 2.90. The number of nitrogens with zero attached hydrogens (tertiary/aromatic N) is 2. The molecule has 2 aromatic rings. The number of hydrogen-bond donors (Lipinski definition) is 2. The smallest absolute Gasteiger partial charge is 0.335 e. The highest BCUT2D eigenvalue weighted by Gasteiger charge is 2.22. The number of aromatic nitrogens is 1. The van der Waals surface area contributed by atoms with Crippen LogP contribution in [0.2, 0.25) is 0 Å². The number of anilines is 1. The first kappa shape index (κ1) is 14.7. The van der Waals surface area contributed by atoms with E-state index in [2.05, 4.69) is 4.98 Å². The lowest BCUT2D eigenvalue weighted by Crippen LogP contribution is -2.33. The molecule has 0 radical (unpaired) electrons. The molecule has 110 valence electrons. The van der Waals surface area contributed by atoms with Crippen LogP contribution in [0.1, 0.15) is 26.6 Å². The van der Waals surface area contributed by atoms with E-state index < -0.39 is 11.9 Å². The average molecular weight is 290 g/mol. The summed E-state index contributed by atoms with van der Waals surface area (Å²) in [5, 5.41) is 18.0. The van der Waals surface area contributed by atoms with Crippen LogP contribution < -0.4 is 4.90 Å². The minimum absolute atomic E-state index is 0.0609. The highest BCUT2D eigenvalue weighted by Crippen LogP contribution is 2.19. The van der Waals surface area contributed by atoms with Crippen molar-refractivity contribution in [2.24, 2.45) is 0 Å². The fourth-order valence-electron chi connectivity index (χ4n) is 1.86. The van der Waals surface area contributed by atoms with Gasteiger partial charge in [-0.05, 0) is 31.2 Å². The van der Waals surface area contributed by atoms with Crippen molar-refractivity contribution in [1.82, 2.24) is 4.98 Å². The number of carbonyl (C=O) groups is 2. The molecule has 1 heterocycles. The predicted molar refractivity (Wildman–Crippen MR) is 73.4 cm³/mol. The molecule has 0 aliphatic heterocycles. The van der Waals surface area contributed by atoms with E-state index in [1.54, 1.807) is 6.92 Å². The second kappa shape index (κ2) is 6.19. The second-order valence-electron chi connectivity index (χ2n) is 4.30. The standard InChI is InChI=1S/C14H14N2O5/c1-9-12(21-8-15-9)13(18)16(6-7-17)11-4-2-10(3-5-11)14(19)20/h2-5,8,17H,6-7H2,1H3,(H,19,20). The van der Waals surface area contributed by atoms with Crippen LogP contribution in [-0.2, 0) is 0 Å². The maximum Gasteiger partial charge on any atom is 0.335 e. The Bertz CT molecular complexity index is 648. The largest absolute Gasteiger partial charge is 0.478 e. The van der Waals surface area contributed by atoms with Crippen LogP contribution in [-0.4, -0.2) is 40.2 Å². The van der Waals surface area contributed by atoms with Crippen molar-refractivity contribution < 1.29 is 24.2 Å². The molecule has 0 unspecified atom stereocenters. The number of hydrogen-bond acceptors (Lipinski definition) is 5. The molecule has 7 nitrogen and oxygen atoms in total. The summed E-state index contributed by atoms with van der Waals surface area (Å²) in [7, 11) is 0. The quantitative estimate of drug-likeness (QED) is 0.860. The number of carboxylic acids is 1. The number of benzene rings is 1. The van der Waals surface area contributed by atoms with E-state index in [0.29, 0.717) is 11.4 Å². The lowest BCUT2D eigenvalue weighted by atomic mass is 10.2. The number of amides is 1. The molecule has 1 aromatic heterocycles. The number of carbonyl (C=O) groups excluding carboxylic acids is 1. The fourth-order valence-corrected chi connectivity index (χ4v) is 1.86. The number of aliphatic hydroxyl groups is 1. The van der Waals surface area contributed by atoms with Crippen molar-refractivity contribution in [3.63, 3.8) is 0 Å². The maximum atomic E-state index is 12.4. The summed E-state index contributed by atoms with van der Waals surface area (Å²) in [6.45, 7) is 1.46. The third kappa shape index (κ3) is 3.09. The van der Waals surface area contributed by atoms with Gasteiger partial charge in [0.1, 0.15) is 0 Å². The maximum absolute atomic E-state index is 12.4. The summed E-state index contributed by atoms with van der Waals surface area (Å²) in [5.74, 6) is -1.40. The van der Waals surface area contributed by atoms with Crippen molar-refractivity contribution >= 4 is 17.6 Å². The van der Waals surface area contributed by atoms with Crippen molar-refractivity contribution in [3.05, 3.63) is 47.7 Å². The molecular formula is C14H14N2O5. The molecule has 0 fully saturated rings. The Balaban J connectivity index is 2.32. The van der Waals surface area contributed by atoms with Gasteiger partial charge in [0.25, 0.3) is 5.91 Å². The SMILES string of the molecule is Cc1ncoc1C(=O)N(CCO)c1ccc(C(=O)O)cc1. The Kier molecular flexibility index (Phi) is 4.34. The molecule has 2 rings (SSSR count). The molecule has 0 atom stereocenters. The zero-order valence-electron chi connectivity index (χ0n) is 11.3. The summed E-state index contributed by atoms with van der Waals surface area (Å²) >= 11 is 0. The first-order chi connectivity index (χ1) is 10.0. The lowest BCUT2D eigenvalue weighted by Gasteiger charge is -2.21. The van der Waals surface area contributed by atoms with Gasteiger partial charge in [-0.2, -0.15) is 0 Å². The molecule has 7 heteroatoms. The van der Waals surface area contributed by atoms with Gasteiger partial charge in [0.05, 0.1) is 17.9 Å². The van der Waals surface area contributed by atoms with Gasteiger partial charge in [0.2, 0.25) is 5.76 Å². The van der Waals surface area contributed by atoms with E-state index in [9.17, 15) is 9.59 Å². The van der Waals surface area contributed by atoms with Gasteiger partial charge < -0.3 is 19.5 Å². The van der Waals surface area contributed by atoms with Gasteiger partial charge in [0, 0.05) is 12.2 Å². The number of rotatable bonds is 5. The van der Waals surface area contributed by atoms with Gasteiger partial charge in [-0.25, -0.2) is 9.78 Å². The number of aliphatic hydroxyl groups excluding tert-OH is 1. The van der Waals surface area contributed by atoms with Gasteiger partial charge >= 0.3 is 5.97 Å². The summed E-state index contributed by atoms with van der Waals surface area (Å²) in [6.07, 6.45) is 1.17. The van der Waals surface area contributed by atoms with E-state index in [-0.39, 0.29) is 24.5 Å². The zero-order valence-corrected chi connectivity index (χ0v) is 11.3. The van der Waals surface area contributed by atoms with Gasteiger partial charge in [-0.3, -0.25) is 4.79 Å². The first-order valence-corrected chi connectivity index (χ1v) is 6.20. The van der Waals surface area contributed by atoms with Crippen LogP contribution in [0.3, 0.4) is 0 Å². The van der Waals surface area contributed by atoms with Crippen LogP contribution in [0.25, 0.3) is 0 Å². The molecule has 1 amide bonds. The van der Waals surface area contributed by atoms with E-state index in [1.165, 1.54) is 35.6 Å². The van der Waals surface area contributed by atoms with Crippen LogP contribution in [0, 0.1) is 6.92 Å². The summed E-state index contributed by atoms with van der Waals surface area (Å²) in [4.78, 5) is 28.4. The number of oxazole rings is 1. The van der Waals surface area contributed by atoms with E-state index in [0.717, 1.165) is 0 Å². The Morgan fingerprint density at radius 1 is 1.29 bits per heavy atom. The van der Waals surface area contributed by atoms with E-state index in [1.807, 2.05) is 0 Å². The predicted octanol–water partition coefficient (Wildman–Crippen LogP) is 1.32. The van der Waals surface area contributed by atoms with Crippen molar-refractivity contribution in [2.75, 3.05) is 18.1 Å². The second-order valence-corrected chi connectivity index (χ2v) is 4.30. The monoisotopic (exact) mass is 290 g/mol. The molecule has 0 bridgehead atoms. The summed E-state index contributed by atoms with van der Waals surface area (Å²) in [6, 6.07) is 5.79. The molecule has 2 N–H and O–H groups in total. The topological polar surface area (TPSA) is 104 Å². The Labute approximate surface area is 120 Å². The van der Waals surface area contributed by atoms with E-state index in [4.69, 9.17) is 14.6 Å². The van der Waals surface area contributed by atoms with Crippen molar-refractivity contribution in [2.45, 2.75) is 6.92 Å². The molecular weight excluding hydrogens is 276 g/mol. The fraction of sp³-hybridized carbons (Fsp3) is 0.214. The van der Waals surface area contributed by atoms with Gasteiger partial charge in [-0.1, -0.05) is 0 Å². The Hall–Kier alpha value is -2.67. The normalized spacial score (nSPS) is 10.4. The Morgan fingerprint density at radius 2 is 1.95 bits per heavy atom. The summed E-state index contributed by atoms with van der Waals surface area (Å²) < 4.78 is 5.06. The van der Waals surface area contributed by atoms with Crippen molar-refractivity contribution in [1.29, 1.82) is 0 Å². The Morgan fingerprint density at radius 3 is 2.43 bits per heavy atom. The number of aryl methyl sites for hydroxylation is 1. The van der Waals surface area contributed by atoms with Crippen LogP contribution in [0.15, 0.2) is 35.1 Å².